The Morgan fingerprint density at radius 3 is 2.25 bits per heavy atom. The van der Waals surface area contributed by atoms with E-state index in [1.165, 1.54) is 0 Å². The van der Waals surface area contributed by atoms with E-state index in [0.29, 0.717) is 0 Å². The fourth-order valence-electron chi connectivity index (χ4n) is 2.66. The Kier molecular flexibility index (Phi) is 9.34. The fraction of sp³-hybridized carbons (Fsp3) is 0.600. The first-order valence-corrected chi connectivity index (χ1v) is 8.57. The summed E-state index contributed by atoms with van der Waals surface area (Å²) < 4.78 is 0. The third-order valence-corrected chi connectivity index (χ3v) is 3.24. The Bertz CT molecular complexity index is 517. The largest absolute Gasteiger partial charge is 0.354 e. The van der Waals surface area contributed by atoms with Crippen LogP contribution in [0.4, 0.5) is 0 Å². The molecule has 1 rings (SSSR count). The molecule has 4 heteroatoms. The Balaban J connectivity index is 0.000000449. The van der Waals surface area contributed by atoms with Gasteiger partial charge in [-0.3, -0.25) is 9.59 Å². The van der Waals surface area contributed by atoms with Gasteiger partial charge in [-0.2, -0.15) is 0 Å². The lowest BCUT2D eigenvalue weighted by atomic mass is 9.82. The van der Waals surface area contributed by atoms with Crippen LogP contribution in [0, 0.1) is 12.3 Å². The summed E-state index contributed by atoms with van der Waals surface area (Å²) in [6, 6.07) is 7.61. The lowest BCUT2D eigenvalue weighted by molar-refractivity contribution is -0.111. The van der Waals surface area contributed by atoms with E-state index in [-0.39, 0.29) is 16.9 Å². The number of carbonyl (C=O) groups is 2. The lowest BCUT2D eigenvalue weighted by Gasteiger charge is -2.31. The molecule has 0 radical (unpaired) electrons. The molecule has 0 aliphatic rings. The van der Waals surface area contributed by atoms with E-state index in [0.717, 1.165) is 36.9 Å². The van der Waals surface area contributed by atoms with E-state index < -0.39 is 0 Å². The van der Waals surface area contributed by atoms with E-state index in [1.807, 2.05) is 52.0 Å². The fourth-order valence-corrected chi connectivity index (χ4v) is 2.66. The monoisotopic (exact) mass is 334 g/mol. The average molecular weight is 335 g/mol. The first kappa shape index (κ1) is 22.2. The molecule has 136 valence electrons. The van der Waals surface area contributed by atoms with Crippen molar-refractivity contribution in [2.75, 3.05) is 6.54 Å². The molecule has 1 aromatic rings. The van der Waals surface area contributed by atoms with Gasteiger partial charge in [0, 0.05) is 17.6 Å². The minimum Gasteiger partial charge on any atom is -0.354 e. The van der Waals surface area contributed by atoms with Crippen LogP contribution in [0.3, 0.4) is 0 Å². The Labute approximate surface area is 147 Å². The zero-order valence-electron chi connectivity index (χ0n) is 16.3. The number of benzene rings is 1. The molecule has 0 bridgehead atoms. The number of carbonyl (C=O) groups excluding carboxylic acids is 2. The van der Waals surface area contributed by atoms with Crippen molar-refractivity contribution in [3.63, 3.8) is 0 Å². The molecule has 0 spiro atoms. The van der Waals surface area contributed by atoms with E-state index >= 15 is 0 Å². The van der Waals surface area contributed by atoms with Gasteiger partial charge in [0.05, 0.1) is 0 Å². The summed E-state index contributed by atoms with van der Waals surface area (Å²) in [4.78, 5) is 21.6. The van der Waals surface area contributed by atoms with Gasteiger partial charge >= 0.3 is 0 Å². The summed E-state index contributed by atoms with van der Waals surface area (Å²) in [7, 11) is 0. The van der Waals surface area contributed by atoms with Crippen molar-refractivity contribution in [2.45, 2.75) is 66.8 Å². The maximum atomic E-state index is 11.4. The van der Waals surface area contributed by atoms with Crippen LogP contribution in [0.25, 0.3) is 0 Å². The minimum absolute atomic E-state index is 0.0190. The van der Waals surface area contributed by atoms with Crippen LogP contribution in [0.2, 0.25) is 0 Å². The van der Waals surface area contributed by atoms with E-state index in [1.54, 1.807) is 0 Å². The normalized spacial score (nSPS) is 11.1. The second kappa shape index (κ2) is 10.1. The molecule has 0 atom stereocenters. The van der Waals surface area contributed by atoms with Crippen molar-refractivity contribution in [3.05, 3.63) is 35.4 Å². The predicted octanol–water partition coefficient (Wildman–Crippen LogP) is 4.08. The molecule has 1 aromatic carbocycles. The molecular formula is C20H34N2O2. The second-order valence-corrected chi connectivity index (χ2v) is 8.01. The second-order valence-electron chi connectivity index (χ2n) is 8.01. The van der Waals surface area contributed by atoms with Gasteiger partial charge < -0.3 is 10.6 Å². The zero-order chi connectivity index (χ0) is 18.8. The summed E-state index contributed by atoms with van der Waals surface area (Å²) >= 11 is 0. The number of hydrogen-bond donors (Lipinski definition) is 2. The maximum absolute atomic E-state index is 11.4. The summed E-state index contributed by atoms with van der Waals surface area (Å²) in [5, 5.41) is 5.63. The molecule has 0 aromatic heterocycles. The zero-order valence-corrected chi connectivity index (χ0v) is 16.3. The van der Waals surface area contributed by atoms with Crippen LogP contribution in [0.1, 0.15) is 70.3 Å². The molecule has 24 heavy (non-hydrogen) atoms. The van der Waals surface area contributed by atoms with Crippen LogP contribution >= 0.6 is 0 Å². The van der Waals surface area contributed by atoms with Crippen molar-refractivity contribution in [3.8, 4) is 0 Å². The van der Waals surface area contributed by atoms with Gasteiger partial charge in [-0.15, -0.1) is 0 Å². The van der Waals surface area contributed by atoms with Crippen molar-refractivity contribution in [1.29, 1.82) is 0 Å². The van der Waals surface area contributed by atoms with Gasteiger partial charge in [-0.05, 0) is 51.2 Å². The highest BCUT2D eigenvalue weighted by Gasteiger charge is 2.24. The number of rotatable bonds is 6. The Hall–Kier alpha value is -1.84. The summed E-state index contributed by atoms with van der Waals surface area (Å²) in [6.07, 6.45) is 2.72. The van der Waals surface area contributed by atoms with Gasteiger partial charge in [0.25, 0.3) is 5.91 Å². The van der Waals surface area contributed by atoms with Gasteiger partial charge in [-0.25, -0.2) is 0 Å². The highest BCUT2D eigenvalue weighted by Crippen LogP contribution is 2.26. The summed E-state index contributed by atoms with van der Waals surface area (Å²) in [5.41, 5.74) is 2.04. The molecule has 2 amide bonds. The van der Waals surface area contributed by atoms with Crippen LogP contribution in [0.15, 0.2) is 24.3 Å². The number of hydrogen-bond acceptors (Lipinski definition) is 2. The average Bonchev–Trinajstić information content (AvgIpc) is 2.42. The van der Waals surface area contributed by atoms with E-state index in [4.69, 9.17) is 0 Å². The smallest absolute Gasteiger partial charge is 0.251 e. The molecule has 0 saturated heterocycles. The van der Waals surface area contributed by atoms with Gasteiger partial charge in [0.15, 0.2) is 0 Å². The maximum Gasteiger partial charge on any atom is 0.251 e. The topological polar surface area (TPSA) is 58.2 Å². The quantitative estimate of drug-likeness (QED) is 0.770. The molecular weight excluding hydrogens is 300 g/mol. The standard InChI is InChI=1S/C11H15NO.C9H19NO/c1-3-7-12-11(13)10-6-4-5-9(2)8-10;1-8(2,3)6-9(4,5)10-7-11/h4-6,8H,3,7H2,1-2H3,(H,12,13);7H,6H2,1-5H3,(H,10,11). The van der Waals surface area contributed by atoms with Gasteiger partial charge in [-0.1, -0.05) is 45.4 Å². The van der Waals surface area contributed by atoms with Gasteiger partial charge in [0.2, 0.25) is 6.41 Å². The van der Waals surface area contributed by atoms with E-state index in [9.17, 15) is 9.59 Å². The highest BCUT2D eigenvalue weighted by atomic mass is 16.1. The lowest BCUT2D eigenvalue weighted by Crippen LogP contribution is -2.41. The molecule has 2 N–H and O–H groups in total. The summed E-state index contributed by atoms with van der Waals surface area (Å²) in [6.45, 7) is 15.3. The highest BCUT2D eigenvalue weighted by molar-refractivity contribution is 5.94. The number of amides is 2. The first-order chi connectivity index (χ1) is 11.0. The van der Waals surface area contributed by atoms with Crippen molar-refractivity contribution in [2.24, 2.45) is 5.41 Å². The molecule has 0 heterocycles. The number of nitrogens with one attached hydrogen (secondary N) is 2. The molecule has 0 aliphatic carbocycles. The summed E-state index contributed by atoms with van der Waals surface area (Å²) in [5.74, 6) is 0.0190. The third kappa shape index (κ3) is 10.8. The predicted molar refractivity (Wildman–Crippen MR) is 101 cm³/mol. The molecule has 4 nitrogen and oxygen atoms in total. The molecule has 0 unspecified atom stereocenters. The Morgan fingerprint density at radius 2 is 1.79 bits per heavy atom. The van der Waals surface area contributed by atoms with Crippen LogP contribution < -0.4 is 10.6 Å². The molecule has 0 fully saturated rings. The van der Waals surface area contributed by atoms with Crippen molar-refractivity contribution in [1.82, 2.24) is 10.6 Å². The van der Waals surface area contributed by atoms with Crippen LogP contribution in [-0.4, -0.2) is 24.4 Å². The SMILES string of the molecule is CC(C)(C)CC(C)(C)NC=O.CCCNC(=O)c1cccc(C)c1. The minimum atomic E-state index is -0.0833. The van der Waals surface area contributed by atoms with Gasteiger partial charge in [0.1, 0.15) is 0 Å². The third-order valence-electron chi connectivity index (χ3n) is 3.24. The Morgan fingerprint density at radius 1 is 1.17 bits per heavy atom. The number of aryl methyl sites for hydroxylation is 1. The van der Waals surface area contributed by atoms with Crippen molar-refractivity contribution >= 4 is 12.3 Å². The van der Waals surface area contributed by atoms with Crippen molar-refractivity contribution < 1.29 is 9.59 Å². The molecule has 0 saturated carbocycles. The first-order valence-electron chi connectivity index (χ1n) is 8.57. The van der Waals surface area contributed by atoms with Crippen LogP contribution in [0.5, 0.6) is 0 Å². The van der Waals surface area contributed by atoms with E-state index in [2.05, 4.69) is 31.4 Å². The van der Waals surface area contributed by atoms with Crippen LogP contribution in [-0.2, 0) is 4.79 Å². The molecule has 0 aliphatic heterocycles.